The van der Waals surface area contributed by atoms with Gasteiger partial charge in [0.15, 0.2) is 16.1 Å². The van der Waals surface area contributed by atoms with Gasteiger partial charge in [-0.3, -0.25) is 9.36 Å². The molecule has 3 N–H and O–H groups in total. The molecule has 2 aromatic carbocycles. The Morgan fingerprint density at radius 3 is 2.42 bits per heavy atom. The van der Waals surface area contributed by atoms with Crippen molar-refractivity contribution in [1.29, 1.82) is 0 Å². The van der Waals surface area contributed by atoms with Crippen molar-refractivity contribution in [3.05, 3.63) is 71.1 Å². The van der Waals surface area contributed by atoms with E-state index in [4.69, 9.17) is 19.9 Å². The number of aromatic nitrogens is 3. The maximum absolute atomic E-state index is 12.8. The fourth-order valence-corrected chi connectivity index (χ4v) is 3.68. The summed E-state index contributed by atoms with van der Waals surface area (Å²) < 4.78 is 12.9. The Kier molecular flexibility index (Phi) is 4.59. The molecule has 0 saturated heterocycles. The molecule has 0 saturated carbocycles. The fraction of sp³-hybridized carbons (Fsp3) is 0.0455. The lowest BCUT2D eigenvalue weighted by atomic mass is 10.3. The summed E-state index contributed by atoms with van der Waals surface area (Å²) in [4.78, 5) is 22.3. The highest BCUT2D eigenvalue weighted by Crippen LogP contribution is 2.35. The van der Waals surface area contributed by atoms with Gasteiger partial charge in [-0.05, 0) is 64.5 Å². The minimum atomic E-state index is -0.445. The van der Waals surface area contributed by atoms with Crippen molar-refractivity contribution >= 4 is 55.5 Å². The monoisotopic (exact) mass is 477 g/mol. The molecule has 0 spiro atoms. The second-order valence-electron chi connectivity index (χ2n) is 6.74. The SMILES string of the molecule is COc1ccc(-n2c(NC(=O)c3ccc(Br)o3)c(N)c3nc4ccccc4nc32)cc1. The number of furan rings is 1. The second kappa shape index (κ2) is 7.44. The molecule has 0 aliphatic carbocycles. The molecule has 0 radical (unpaired) electrons. The van der Waals surface area contributed by atoms with Gasteiger partial charge in [-0.2, -0.15) is 0 Å². The van der Waals surface area contributed by atoms with Crippen LogP contribution in [0, 0.1) is 0 Å². The average molecular weight is 478 g/mol. The molecule has 0 aliphatic heterocycles. The number of amides is 1. The number of anilines is 2. The summed E-state index contributed by atoms with van der Waals surface area (Å²) in [5.41, 5.74) is 9.94. The smallest absolute Gasteiger partial charge is 0.292 e. The topological polar surface area (TPSA) is 108 Å². The number of methoxy groups -OCH3 is 1. The molecule has 0 bridgehead atoms. The fourth-order valence-electron chi connectivity index (χ4n) is 3.38. The third-order valence-electron chi connectivity index (χ3n) is 4.86. The van der Waals surface area contributed by atoms with Gasteiger partial charge in [0.25, 0.3) is 5.91 Å². The number of benzene rings is 2. The predicted octanol–water partition coefficient (Wildman–Crippen LogP) is 4.77. The molecule has 5 rings (SSSR count). The summed E-state index contributed by atoms with van der Waals surface area (Å²) in [6.07, 6.45) is 0. The van der Waals surface area contributed by atoms with Crippen LogP contribution in [-0.4, -0.2) is 27.6 Å². The van der Waals surface area contributed by atoms with Crippen LogP contribution in [0.25, 0.3) is 27.9 Å². The van der Waals surface area contributed by atoms with Crippen molar-refractivity contribution in [2.75, 3.05) is 18.2 Å². The maximum atomic E-state index is 12.8. The Morgan fingerprint density at radius 2 is 1.77 bits per heavy atom. The first kappa shape index (κ1) is 19.1. The van der Waals surface area contributed by atoms with Crippen LogP contribution >= 0.6 is 15.9 Å². The normalized spacial score (nSPS) is 11.2. The number of carbonyl (C=O) groups excluding carboxylic acids is 1. The van der Waals surface area contributed by atoms with Crippen molar-refractivity contribution in [1.82, 2.24) is 14.5 Å². The van der Waals surface area contributed by atoms with Crippen molar-refractivity contribution in [3.63, 3.8) is 0 Å². The van der Waals surface area contributed by atoms with E-state index in [0.717, 1.165) is 11.2 Å². The summed E-state index contributed by atoms with van der Waals surface area (Å²) in [5.74, 6) is 0.757. The summed E-state index contributed by atoms with van der Waals surface area (Å²) in [5, 5.41) is 2.85. The maximum Gasteiger partial charge on any atom is 0.292 e. The zero-order valence-electron chi connectivity index (χ0n) is 16.3. The van der Waals surface area contributed by atoms with E-state index in [1.807, 2.05) is 48.5 Å². The third kappa shape index (κ3) is 3.28. The average Bonchev–Trinajstić information content (AvgIpc) is 3.34. The van der Waals surface area contributed by atoms with Crippen LogP contribution in [-0.2, 0) is 0 Å². The number of nitrogens with zero attached hydrogens (tertiary/aromatic N) is 3. The Morgan fingerprint density at radius 1 is 1.06 bits per heavy atom. The van der Waals surface area contributed by atoms with Crippen LogP contribution in [0.15, 0.2) is 69.8 Å². The van der Waals surface area contributed by atoms with Gasteiger partial charge >= 0.3 is 0 Å². The first-order valence-electron chi connectivity index (χ1n) is 9.33. The van der Waals surface area contributed by atoms with E-state index in [1.54, 1.807) is 23.8 Å². The van der Waals surface area contributed by atoms with Gasteiger partial charge in [0.2, 0.25) is 0 Å². The van der Waals surface area contributed by atoms with Gasteiger partial charge in [-0.15, -0.1) is 0 Å². The molecule has 3 aromatic heterocycles. The van der Waals surface area contributed by atoms with Gasteiger partial charge in [0.05, 0.1) is 18.1 Å². The number of hydrogen-bond acceptors (Lipinski definition) is 6. The number of para-hydroxylation sites is 2. The molecule has 5 aromatic rings. The lowest BCUT2D eigenvalue weighted by Gasteiger charge is -2.12. The molecule has 0 unspecified atom stereocenters. The molecular weight excluding hydrogens is 462 g/mol. The number of nitrogens with one attached hydrogen (secondary N) is 1. The van der Waals surface area contributed by atoms with Crippen molar-refractivity contribution in [2.45, 2.75) is 0 Å². The molecule has 8 nitrogen and oxygen atoms in total. The van der Waals surface area contributed by atoms with E-state index < -0.39 is 5.91 Å². The third-order valence-corrected chi connectivity index (χ3v) is 5.28. The predicted molar refractivity (Wildman–Crippen MR) is 122 cm³/mol. The summed E-state index contributed by atoms with van der Waals surface area (Å²) in [7, 11) is 1.60. The number of hydrogen-bond donors (Lipinski definition) is 2. The highest BCUT2D eigenvalue weighted by Gasteiger charge is 2.23. The zero-order valence-corrected chi connectivity index (χ0v) is 17.9. The highest BCUT2D eigenvalue weighted by atomic mass is 79.9. The molecule has 9 heteroatoms. The molecule has 0 aliphatic rings. The standard InChI is InChI=1S/C22H16BrN5O3/c1-30-13-8-6-12(7-9-13)28-20(27-22(29)16-10-11-17(23)31-16)18(24)19-21(28)26-15-5-3-2-4-14(15)25-19/h2-11H,24H2,1H3,(H,27,29). The molecule has 31 heavy (non-hydrogen) atoms. The Balaban J connectivity index is 1.74. The van der Waals surface area contributed by atoms with Crippen molar-refractivity contribution in [2.24, 2.45) is 0 Å². The summed E-state index contributed by atoms with van der Waals surface area (Å²) >= 11 is 3.21. The Bertz CT molecular complexity index is 1440. The van der Waals surface area contributed by atoms with Crippen LogP contribution in [0.4, 0.5) is 11.5 Å². The molecule has 1 amide bonds. The van der Waals surface area contributed by atoms with Crippen molar-refractivity contribution in [3.8, 4) is 11.4 Å². The molecule has 3 heterocycles. The van der Waals surface area contributed by atoms with E-state index >= 15 is 0 Å². The molecular formula is C22H16BrN5O3. The minimum absolute atomic E-state index is 0.142. The first-order chi connectivity index (χ1) is 15.0. The van der Waals surface area contributed by atoms with Gasteiger partial charge in [0, 0.05) is 5.69 Å². The lowest BCUT2D eigenvalue weighted by molar-refractivity contribution is 0.0995. The van der Waals surface area contributed by atoms with E-state index in [0.29, 0.717) is 38.6 Å². The number of fused-ring (bicyclic) bond motifs is 2. The Labute approximate surface area is 184 Å². The van der Waals surface area contributed by atoms with Gasteiger partial charge < -0.3 is 20.2 Å². The number of halogens is 1. The van der Waals surface area contributed by atoms with E-state index in [-0.39, 0.29) is 5.76 Å². The first-order valence-corrected chi connectivity index (χ1v) is 10.1. The largest absolute Gasteiger partial charge is 0.497 e. The number of ether oxygens (including phenoxy) is 1. The summed E-state index contributed by atoms with van der Waals surface area (Å²) in [6.45, 7) is 0. The van der Waals surface area contributed by atoms with E-state index in [2.05, 4.69) is 26.2 Å². The second-order valence-corrected chi connectivity index (χ2v) is 7.52. The van der Waals surface area contributed by atoms with Crippen LogP contribution < -0.4 is 15.8 Å². The molecule has 0 fully saturated rings. The van der Waals surface area contributed by atoms with Crippen LogP contribution in [0.5, 0.6) is 5.75 Å². The quantitative estimate of drug-likeness (QED) is 0.385. The van der Waals surface area contributed by atoms with Gasteiger partial charge in [-0.25, -0.2) is 9.97 Å². The van der Waals surface area contributed by atoms with Gasteiger partial charge in [-0.1, -0.05) is 12.1 Å². The lowest BCUT2D eigenvalue weighted by Crippen LogP contribution is -2.15. The van der Waals surface area contributed by atoms with Crippen LogP contribution in [0.1, 0.15) is 10.6 Å². The number of nitrogens with two attached hydrogens (primary N) is 1. The number of rotatable bonds is 4. The van der Waals surface area contributed by atoms with E-state index in [9.17, 15) is 4.79 Å². The van der Waals surface area contributed by atoms with Crippen molar-refractivity contribution < 1.29 is 13.9 Å². The molecule has 154 valence electrons. The Hall–Kier alpha value is -3.85. The van der Waals surface area contributed by atoms with E-state index in [1.165, 1.54) is 0 Å². The molecule has 0 atom stereocenters. The van der Waals surface area contributed by atoms with Crippen LogP contribution in [0.2, 0.25) is 0 Å². The van der Waals surface area contributed by atoms with Crippen LogP contribution in [0.3, 0.4) is 0 Å². The highest BCUT2D eigenvalue weighted by molar-refractivity contribution is 9.10. The zero-order chi connectivity index (χ0) is 21.5. The minimum Gasteiger partial charge on any atom is -0.497 e. The number of carbonyl (C=O) groups is 1. The van der Waals surface area contributed by atoms with Gasteiger partial charge in [0.1, 0.15) is 22.8 Å². The summed E-state index contributed by atoms with van der Waals surface area (Å²) in [6, 6.07) is 18.1. The number of nitrogen functional groups attached to an aromatic ring is 1.